The molecule has 0 aliphatic rings. The Balaban J connectivity index is 2.92. The fourth-order valence-corrected chi connectivity index (χ4v) is 1.22. The first-order chi connectivity index (χ1) is 5.61. The minimum absolute atomic E-state index is 0.154. The van der Waals surface area contributed by atoms with Crippen molar-refractivity contribution in [2.24, 2.45) is 0 Å². The van der Waals surface area contributed by atoms with Crippen molar-refractivity contribution < 1.29 is 4.74 Å². The van der Waals surface area contributed by atoms with E-state index >= 15 is 0 Å². The second-order valence-corrected chi connectivity index (χ2v) is 3.67. The number of nitrogens with two attached hydrogens (primary N) is 1. The van der Waals surface area contributed by atoms with Crippen molar-refractivity contribution in [2.45, 2.75) is 20.0 Å². The van der Waals surface area contributed by atoms with Crippen molar-refractivity contribution in [2.75, 3.05) is 5.73 Å². The van der Waals surface area contributed by atoms with E-state index in [1.54, 1.807) is 0 Å². The van der Waals surface area contributed by atoms with Gasteiger partial charge in [-0.15, -0.1) is 0 Å². The highest BCUT2D eigenvalue weighted by atomic mass is 79.9. The van der Waals surface area contributed by atoms with E-state index in [2.05, 4.69) is 15.9 Å². The van der Waals surface area contributed by atoms with Crippen LogP contribution >= 0.6 is 15.9 Å². The van der Waals surface area contributed by atoms with Gasteiger partial charge in [0.1, 0.15) is 5.75 Å². The van der Waals surface area contributed by atoms with Gasteiger partial charge in [0.05, 0.1) is 11.8 Å². The van der Waals surface area contributed by atoms with Crippen LogP contribution < -0.4 is 10.5 Å². The first-order valence-corrected chi connectivity index (χ1v) is 4.61. The van der Waals surface area contributed by atoms with Crippen LogP contribution in [-0.2, 0) is 0 Å². The summed E-state index contributed by atoms with van der Waals surface area (Å²) in [6, 6.07) is 5.65. The molecule has 0 unspecified atom stereocenters. The number of benzene rings is 1. The Morgan fingerprint density at radius 2 is 2.08 bits per heavy atom. The maximum Gasteiger partial charge on any atom is 0.143 e. The van der Waals surface area contributed by atoms with Crippen LogP contribution in [0.5, 0.6) is 5.75 Å². The zero-order valence-electron chi connectivity index (χ0n) is 7.17. The lowest BCUT2D eigenvalue weighted by Crippen LogP contribution is -2.07. The molecule has 0 spiro atoms. The summed E-state index contributed by atoms with van der Waals surface area (Å²) >= 11 is 3.33. The monoisotopic (exact) mass is 229 g/mol. The third kappa shape index (κ3) is 2.14. The van der Waals surface area contributed by atoms with Crippen LogP contribution in [0, 0.1) is 0 Å². The van der Waals surface area contributed by atoms with Crippen LogP contribution in [-0.4, -0.2) is 6.10 Å². The minimum atomic E-state index is 0.154. The van der Waals surface area contributed by atoms with Crippen molar-refractivity contribution in [3.63, 3.8) is 0 Å². The molecule has 0 heterocycles. The van der Waals surface area contributed by atoms with Crippen LogP contribution in [0.25, 0.3) is 0 Å². The van der Waals surface area contributed by atoms with E-state index in [9.17, 15) is 0 Å². The third-order valence-electron chi connectivity index (χ3n) is 1.38. The number of hydrogen-bond donors (Lipinski definition) is 1. The Morgan fingerprint density at radius 1 is 1.42 bits per heavy atom. The van der Waals surface area contributed by atoms with Gasteiger partial charge in [0.2, 0.25) is 0 Å². The molecule has 0 fully saturated rings. The normalized spacial score (nSPS) is 10.3. The summed E-state index contributed by atoms with van der Waals surface area (Å²) in [6.45, 7) is 3.95. The molecular formula is C9H12BrNO. The molecule has 0 radical (unpaired) electrons. The number of hydrogen-bond acceptors (Lipinski definition) is 2. The quantitative estimate of drug-likeness (QED) is 0.793. The minimum Gasteiger partial charge on any atom is -0.489 e. The molecule has 0 aliphatic carbocycles. The first-order valence-electron chi connectivity index (χ1n) is 3.82. The predicted octanol–water partition coefficient (Wildman–Crippen LogP) is 2.82. The van der Waals surface area contributed by atoms with E-state index in [0.717, 1.165) is 10.2 Å². The van der Waals surface area contributed by atoms with Crippen LogP contribution in [0.15, 0.2) is 22.7 Å². The lowest BCUT2D eigenvalue weighted by Gasteiger charge is -2.12. The predicted molar refractivity (Wildman–Crippen MR) is 54.3 cm³/mol. The molecule has 1 aromatic rings. The van der Waals surface area contributed by atoms with Gasteiger partial charge in [-0.2, -0.15) is 0 Å². The smallest absolute Gasteiger partial charge is 0.143 e. The molecule has 0 bridgehead atoms. The largest absolute Gasteiger partial charge is 0.489 e. The average molecular weight is 230 g/mol. The Kier molecular flexibility index (Phi) is 2.98. The highest BCUT2D eigenvalue weighted by Crippen LogP contribution is 2.29. The van der Waals surface area contributed by atoms with Crippen molar-refractivity contribution in [1.82, 2.24) is 0 Å². The van der Waals surface area contributed by atoms with E-state index in [1.807, 2.05) is 32.0 Å². The van der Waals surface area contributed by atoms with Gasteiger partial charge in [0, 0.05) is 4.47 Å². The molecule has 0 aliphatic heterocycles. The average Bonchev–Trinajstić information content (AvgIpc) is 1.98. The van der Waals surface area contributed by atoms with Gasteiger partial charge < -0.3 is 10.5 Å². The van der Waals surface area contributed by atoms with Gasteiger partial charge in [-0.05, 0) is 41.9 Å². The van der Waals surface area contributed by atoms with Gasteiger partial charge in [-0.3, -0.25) is 0 Å². The van der Waals surface area contributed by atoms with Gasteiger partial charge in [0.15, 0.2) is 0 Å². The summed E-state index contributed by atoms with van der Waals surface area (Å²) in [5.74, 6) is 0.736. The Bertz CT molecular complexity index is 273. The summed E-state index contributed by atoms with van der Waals surface area (Å²) in [4.78, 5) is 0. The summed E-state index contributed by atoms with van der Waals surface area (Å²) in [6.07, 6.45) is 0.154. The number of halogens is 1. The van der Waals surface area contributed by atoms with E-state index in [-0.39, 0.29) is 6.10 Å². The molecule has 3 heteroatoms. The lowest BCUT2D eigenvalue weighted by atomic mass is 10.3. The van der Waals surface area contributed by atoms with Crippen molar-refractivity contribution in [3.8, 4) is 5.75 Å². The topological polar surface area (TPSA) is 35.2 Å². The van der Waals surface area contributed by atoms with Gasteiger partial charge in [-0.1, -0.05) is 6.07 Å². The Morgan fingerprint density at radius 3 is 2.67 bits per heavy atom. The van der Waals surface area contributed by atoms with Gasteiger partial charge in [-0.25, -0.2) is 0 Å². The number of para-hydroxylation sites is 1. The SMILES string of the molecule is CC(C)Oc1cccc(Br)c1N. The number of anilines is 1. The molecule has 0 atom stereocenters. The van der Waals surface area contributed by atoms with Crippen LogP contribution in [0.4, 0.5) is 5.69 Å². The lowest BCUT2D eigenvalue weighted by molar-refractivity contribution is 0.244. The third-order valence-corrected chi connectivity index (χ3v) is 2.07. The van der Waals surface area contributed by atoms with Crippen molar-refractivity contribution in [1.29, 1.82) is 0 Å². The standard InChI is InChI=1S/C9H12BrNO/c1-6(2)12-8-5-3-4-7(10)9(8)11/h3-6H,11H2,1-2H3. The zero-order chi connectivity index (χ0) is 9.14. The molecule has 0 saturated heterocycles. The molecule has 2 nitrogen and oxygen atoms in total. The second-order valence-electron chi connectivity index (χ2n) is 2.82. The maximum absolute atomic E-state index is 5.76. The molecule has 0 saturated carbocycles. The molecule has 1 rings (SSSR count). The molecule has 1 aromatic carbocycles. The van der Waals surface area contributed by atoms with Gasteiger partial charge in [0.25, 0.3) is 0 Å². The van der Waals surface area contributed by atoms with E-state index in [4.69, 9.17) is 10.5 Å². The molecule has 0 aromatic heterocycles. The Labute approximate surface area is 80.8 Å². The highest BCUT2D eigenvalue weighted by Gasteiger charge is 2.04. The fourth-order valence-electron chi connectivity index (χ4n) is 0.874. The summed E-state index contributed by atoms with van der Waals surface area (Å²) in [5.41, 5.74) is 6.42. The van der Waals surface area contributed by atoms with Crippen molar-refractivity contribution in [3.05, 3.63) is 22.7 Å². The van der Waals surface area contributed by atoms with Crippen LogP contribution in [0.3, 0.4) is 0 Å². The highest BCUT2D eigenvalue weighted by molar-refractivity contribution is 9.10. The van der Waals surface area contributed by atoms with E-state index < -0.39 is 0 Å². The zero-order valence-corrected chi connectivity index (χ0v) is 8.76. The van der Waals surface area contributed by atoms with E-state index in [1.165, 1.54) is 0 Å². The summed E-state index contributed by atoms with van der Waals surface area (Å²) in [7, 11) is 0. The number of ether oxygens (including phenoxy) is 1. The van der Waals surface area contributed by atoms with E-state index in [0.29, 0.717) is 5.69 Å². The molecular weight excluding hydrogens is 218 g/mol. The van der Waals surface area contributed by atoms with Crippen LogP contribution in [0.1, 0.15) is 13.8 Å². The summed E-state index contributed by atoms with van der Waals surface area (Å²) in [5, 5.41) is 0. The maximum atomic E-state index is 5.76. The molecule has 12 heavy (non-hydrogen) atoms. The molecule has 0 amide bonds. The van der Waals surface area contributed by atoms with Crippen molar-refractivity contribution >= 4 is 21.6 Å². The second kappa shape index (κ2) is 3.81. The summed E-state index contributed by atoms with van der Waals surface area (Å²) < 4.78 is 6.35. The number of rotatable bonds is 2. The number of nitrogen functional groups attached to an aromatic ring is 1. The molecule has 66 valence electrons. The van der Waals surface area contributed by atoms with Crippen LogP contribution in [0.2, 0.25) is 0 Å². The van der Waals surface area contributed by atoms with Gasteiger partial charge >= 0.3 is 0 Å². The molecule has 2 N–H and O–H groups in total. The fraction of sp³-hybridized carbons (Fsp3) is 0.333. The first kappa shape index (κ1) is 9.39. The Hall–Kier alpha value is -0.700.